The maximum Gasteiger partial charge on any atom is 0.305 e. The fourth-order valence-corrected chi connectivity index (χ4v) is 1.05. The van der Waals surface area contributed by atoms with Gasteiger partial charge in [0.15, 0.2) is 6.61 Å². The summed E-state index contributed by atoms with van der Waals surface area (Å²) in [6.07, 6.45) is -0.0920. The molecule has 0 aliphatic carbocycles. The Morgan fingerprint density at radius 2 is 2.29 bits per heavy atom. The molecule has 1 aromatic heterocycles. The van der Waals surface area contributed by atoms with E-state index in [1.54, 1.807) is 13.0 Å². The summed E-state index contributed by atoms with van der Waals surface area (Å²) >= 11 is 0. The quantitative estimate of drug-likeness (QED) is 0.770. The number of carboxylic acids is 1. The van der Waals surface area contributed by atoms with Crippen LogP contribution in [0.5, 0.6) is 5.88 Å². The van der Waals surface area contributed by atoms with E-state index in [0.717, 1.165) is 0 Å². The van der Waals surface area contributed by atoms with Crippen LogP contribution in [0.1, 0.15) is 12.2 Å². The van der Waals surface area contributed by atoms with E-state index >= 15 is 0 Å². The molecule has 1 heterocycles. The molecule has 0 saturated carbocycles. The number of hydrogen-bond donors (Lipinski definition) is 1. The zero-order chi connectivity index (χ0) is 12.8. The van der Waals surface area contributed by atoms with Crippen LogP contribution in [0.15, 0.2) is 10.6 Å². The summed E-state index contributed by atoms with van der Waals surface area (Å²) in [5.41, 5.74) is 0. The number of hydrogen-bond acceptors (Lipinski definition) is 5. The Hall–Kier alpha value is -2.05. The number of ether oxygens (including phenoxy) is 1. The fourth-order valence-electron chi connectivity index (χ4n) is 1.05. The van der Waals surface area contributed by atoms with Crippen LogP contribution in [0.25, 0.3) is 0 Å². The summed E-state index contributed by atoms with van der Waals surface area (Å²) in [6, 6.07) is 1.56. The van der Waals surface area contributed by atoms with Crippen LogP contribution in [0.3, 0.4) is 0 Å². The molecule has 0 unspecified atom stereocenters. The third-order valence-electron chi connectivity index (χ3n) is 2.04. The van der Waals surface area contributed by atoms with Gasteiger partial charge < -0.3 is 19.3 Å². The Morgan fingerprint density at radius 3 is 2.82 bits per heavy atom. The van der Waals surface area contributed by atoms with Crippen molar-refractivity contribution in [2.45, 2.75) is 13.3 Å². The van der Waals surface area contributed by atoms with Crippen molar-refractivity contribution < 1.29 is 24.0 Å². The first-order chi connectivity index (χ1) is 7.99. The van der Waals surface area contributed by atoms with E-state index in [0.29, 0.717) is 5.76 Å². The van der Waals surface area contributed by atoms with Crippen molar-refractivity contribution in [2.75, 3.05) is 20.2 Å². The van der Waals surface area contributed by atoms with Crippen molar-refractivity contribution >= 4 is 11.9 Å². The van der Waals surface area contributed by atoms with Crippen LogP contribution in [0.4, 0.5) is 0 Å². The van der Waals surface area contributed by atoms with Gasteiger partial charge in [-0.1, -0.05) is 0 Å². The molecule has 7 nitrogen and oxygen atoms in total. The molecule has 0 radical (unpaired) electrons. The van der Waals surface area contributed by atoms with Crippen LogP contribution in [0, 0.1) is 6.92 Å². The minimum atomic E-state index is -0.947. The highest BCUT2D eigenvalue weighted by molar-refractivity contribution is 5.78. The van der Waals surface area contributed by atoms with E-state index in [1.807, 2.05) is 0 Å². The smallest absolute Gasteiger partial charge is 0.305 e. The van der Waals surface area contributed by atoms with Gasteiger partial charge in [-0.05, 0) is 12.1 Å². The van der Waals surface area contributed by atoms with E-state index in [4.69, 9.17) is 14.4 Å². The van der Waals surface area contributed by atoms with E-state index in [9.17, 15) is 9.59 Å². The van der Waals surface area contributed by atoms with E-state index in [1.165, 1.54) is 11.9 Å². The summed E-state index contributed by atoms with van der Waals surface area (Å²) in [6.45, 7) is 1.66. The second-order valence-corrected chi connectivity index (χ2v) is 3.52. The first-order valence-electron chi connectivity index (χ1n) is 5.01. The van der Waals surface area contributed by atoms with Crippen molar-refractivity contribution in [1.82, 2.24) is 10.1 Å². The molecular formula is C10H14N2O5. The highest BCUT2D eigenvalue weighted by Crippen LogP contribution is 2.09. The molecular weight excluding hydrogens is 228 g/mol. The SMILES string of the molecule is Cc1cc(OCC(=O)N(C)CCC(=O)O)no1. The third kappa shape index (κ3) is 4.54. The van der Waals surface area contributed by atoms with Gasteiger partial charge in [-0.3, -0.25) is 9.59 Å². The Kier molecular flexibility index (Phi) is 4.50. The van der Waals surface area contributed by atoms with Gasteiger partial charge in [-0.15, -0.1) is 0 Å². The van der Waals surface area contributed by atoms with Gasteiger partial charge in [0.2, 0.25) is 0 Å². The molecule has 17 heavy (non-hydrogen) atoms. The summed E-state index contributed by atoms with van der Waals surface area (Å²) in [4.78, 5) is 23.1. The number of likely N-dealkylation sites (N-methyl/N-ethyl adjacent to an activating group) is 1. The molecule has 94 valence electrons. The van der Waals surface area contributed by atoms with Crippen molar-refractivity contribution in [3.63, 3.8) is 0 Å². The standard InChI is InChI=1S/C10H14N2O5/c1-7-5-8(11-17-7)16-6-9(13)12(2)4-3-10(14)15/h5H,3-4,6H2,1-2H3,(H,14,15). The number of aliphatic carboxylic acids is 1. The summed E-state index contributed by atoms with van der Waals surface area (Å²) < 4.78 is 9.83. The maximum atomic E-state index is 11.5. The summed E-state index contributed by atoms with van der Waals surface area (Å²) in [5.74, 6) is -0.432. The first-order valence-corrected chi connectivity index (χ1v) is 5.01. The van der Waals surface area contributed by atoms with Gasteiger partial charge in [0.05, 0.1) is 6.42 Å². The average Bonchev–Trinajstić information content (AvgIpc) is 2.68. The van der Waals surface area contributed by atoms with E-state index in [-0.39, 0.29) is 31.4 Å². The van der Waals surface area contributed by atoms with E-state index in [2.05, 4.69) is 5.16 Å². The minimum Gasteiger partial charge on any atom is -0.481 e. The average molecular weight is 242 g/mol. The van der Waals surface area contributed by atoms with Gasteiger partial charge in [0, 0.05) is 19.7 Å². The molecule has 0 aliphatic heterocycles. The number of aromatic nitrogens is 1. The molecule has 1 rings (SSSR count). The van der Waals surface area contributed by atoms with Gasteiger partial charge in [0.25, 0.3) is 11.8 Å². The monoisotopic (exact) mass is 242 g/mol. The van der Waals surface area contributed by atoms with Gasteiger partial charge in [-0.25, -0.2) is 0 Å². The molecule has 0 atom stereocenters. The lowest BCUT2D eigenvalue weighted by molar-refractivity contribution is -0.138. The van der Waals surface area contributed by atoms with Gasteiger partial charge in [-0.2, -0.15) is 0 Å². The van der Waals surface area contributed by atoms with Gasteiger partial charge in [0.1, 0.15) is 5.76 Å². The van der Waals surface area contributed by atoms with Gasteiger partial charge >= 0.3 is 5.97 Å². The molecule has 0 bridgehead atoms. The zero-order valence-electron chi connectivity index (χ0n) is 9.67. The van der Waals surface area contributed by atoms with Crippen LogP contribution in [-0.2, 0) is 9.59 Å². The predicted molar refractivity (Wildman–Crippen MR) is 56.6 cm³/mol. The molecule has 0 aromatic carbocycles. The van der Waals surface area contributed by atoms with Crippen molar-refractivity contribution in [3.8, 4) is 5.88 Å². The topological polar surface area (TPSA) is 92.9 Å². The number of rotatable bonds is 6. The Bertz CT molecular complexity index is 401. The van der Waals surface area contributed by atoms with Crippen LogP contribution < -0.4 is 4.74 Å². The number of aryl methyl sites for hydroxylation is 1. The Balaban J connectivity index is 2.31. The molecule has 0 spiro atoms. The molecule has 0 aliphatic rings. The predicted octanol–water partition coefficient (Wildman–Crippen LogP) is 0.295. The fraction of sp³-hybridized carbons (Fsp3) is 0.500. The second kappa shape index (κ2) is 5.88. The van der Waals surface area contributed by atoms with Crippen LogP contribution in [-0.4, -0.2) is 47.2 Å². The molecule has 7 heteroatoms. The molecule has 1 amide bonds. The van der Waals surface area contributed by atoms with E-state index < -0.39 is 5.97 Å². The lowest BCUT2D eigenvalue weighted by Crippen LogP contribution is -2.33. The minimum absolute atomic E-state index is 0.0920. The molecule has 0 saturated heterocycles. The maximum absolute atomic E-state index is 11.5. The van der Waals surface area contributed by atoms with Crippen molar-refractivity contribution in [2.24, 2.45) is 0 Å². The number of nitrogens with zero attached hydrogens (tertiary/aromatic N) is 2. The largest absolute Gasteiger partial charge is 0.481 e. The molecule has 0 fully saturated rings. The molecule has 1 aromatic rings. The second-order valence-electron chi connectivity index (χ2n) is 3.52. The summed E-state index contributed by atoms with van der Waals surface area (Å²) in [5, 5.41) is 12.0. The normalized spacial score (nSPS) is 10.0. The number of carbonyl (C=O) groups is 2. The van der Waals surface area contributed by atoms with Crippen molar-refractivity contribution in [1.29, 1.82) is 0 Å². The highest BCUT2D eigenvalue weighted by Gasteiger charge is 2.12. The third-order valence-corrected chi connectivity index (χ3v) is 2.04. The highest BCUT2D eigenvalue weighted by atomic mass is 16.5. The lowest BCUT2D eigenvalue weighted by atomic mass is 10.4. The zero-order valence-corrected chi connectivity index (χ0v) is 9.67. The Labute approximate surface area is 97.9 Å². The van der Waals surface area contributed by atoms with Crippen molar-refractivity contribution in [3.05, 3.63) is 11.8 Å². The number of carboxylic acid groups (broad SMARTS) is 1. The number of carbonyl (C=O) groups excluding carboxylic acids is 1. The lowest BCUT2D eigenvalue weighted by Gasteiger charge is -2.15. The summed E-state index contributed by atoms with van der Waals surface area (Å²) in [7, 11) is 1.52. The van der Waals surface area contributed by atoms with Crippen LogP contribution >= 0.6 is 0 Å². The number of amides is 1. The van der Waals surface area contributed by atoms with Crippen LogP contribution in [0.2, 0.25) is 0 Å². The first kappa shape index (κ1) is 13.0. The molecule has 1 N–H and O–H groups in total. The Morgan fingerprint density at radius 1 is 1.59 bits per heavy atom.